The van der Waals surface area contributed by atoms with Crippen LogP contribution in [0.5, 0.6) is 0 Å². The van der Waals surface area contributed by atoms with Crippen LogP contribution in [0.25, 0.3) is 0 Å². The normalized spacial score (nSPS) is 4.96. The van der Waals surface area contributed by atoms with Gasteiger partial charge in [0, 0.05) is 0 Å². The maximum Gasteiger partial charge on any atom is -0.0500 e. The second-order valence-electron chi connectivity index (χ2n) is 4.17. The van der Waals surface area contributed by atoms with Crippen molar-refractivity contribution in [2.45, 2.75) is 117 Å². The molecule has 0 bridgehead atoms. The van der Waals surface area contributed by atoms with Gasteiger partial charge in [0.25, 0.3) is 0 Å². The lowest BCUT2D eigenvalue weighted by atomic mass is 10.3. The highest BCUT2D eigenvalue weighted by Gasteiger charge is 1.68. The fourth-order valence-corrected chi connectivity index (χ4v) is 0. The van der Waals surface area contributed by atoms with Crippen LogP contribution in [0.3, 0.4) is 0 Å². The molecule has 23 heavy (non-hydrogen) atoms. The summed E-state index contributed by atoms with van der Waals surface area (Å²) in [5.41, 5.74) is 0. The standard InChI is InChI=1S/2C4H10.C3H8.4C2H6.4H2O/c2*1-4(2)3;1-3-2;4*1-2;;;;/h2*4H,1-3H3;3H2,1-2H3;4*1-2H3;4*1H2. The van der Waals surface area contributed by atoms with Gasteiger partial charge >= 0.3 is 0 Å². The molecule has 0 aliphatic carbocycles. The van der Waals surface area contributed by atoms with Crippen LogP contribution in [-0.4, -0.2) is 21.9 Å². The number of hydrogen-bond donors (Lipinski definition) is 0. The quantitative estimate of drug-likeness (QED) is 0.542. The van der Waals surface area contributed by atoms with Crippen LogP contribution >= 0.6 is 0 Å². The summed E-state index contributed by atoms with van der Waals surface area (Å²) in [5, 5.41) is 0. The Kier molecular flexibility index (Phi) is 685. The lowest BCUT2D eigenvalue weighted by Crippen LogP contribution is -1.66. The van der Waals surface area contributed by atoms with Crippen molar-refractivity contribution >= 4 is 0 Å². The van der Waals surface area contributed by atoms with E-state index in [0.717, 1.165) is 11.8 Å². The van der Waals surface area contributed by atoms with Gasteiger partial charge in [-0.3, -0.25) is 0 Å². The maximum atomic E-state index is 2.17. The molecule has 0 heterocycles. The summed E-state index contributed by atoms with van der Waals surface area (Å²) < 4.78 is 0. The topological polar surface area (TPSA) is 126 Å². The Bertz CT molecular complexity index is 39.1. The van der Waals surface area contributed by atoms with E-state index in [4.69, 9.17) is 0 Å². The third-order valence-electron chi connectivity index (χ3n) is 0. The molecule has 8 N–H and O–H groups in total. The van der Waals surface area contributed by atoms with Crippen molar-refractivity contribution in [3.63, 3.8) is 0 Å². The van der Waals surface area contributed by atoms with Crippen molar-refractivity contribution in [3.8, 4) is 0 Å². The van der Waals surface area contributed by atoms with Gasteiger partial charge in [-0.15, -0.1) is 0 Å². The zero-order valence-electron chi connectivity index (χ0n) is 19.9. The molecule has 0 aromatic heterocycles. The zero-order valence-corrected chi connectivity index (χ0v) is 19.9. The Morgan fingerprint density at radius 2 is 0.391 bits per heavy atom. The van der Waals surface area contributed by atoms with E-state index in [1.165, 1.54) is 6.42 Å². The van der Waals surface area contributed by atoms with Crippen molar-refractivity contribution in [2.75, 3.05) is 0 Å². The summed E-state index contributed by atoms with van der Waals surface area (Å²) in [6.07, 6.45) is 1.25. The lowest BCUT2D eigenvalue weighted by Gasteiger charge is -1.79. The van der Waals surface area contributed by atoms with Crippen molar-refractivity contribution in [3.05, 3.63) is 0 Å². The van der Waals surface area contributed by atoms with Crippen LogP contribution in [0.15, 0.2) is 0 Å². The van der Waals surface area contributed by atoms with Gasteiger partial charge in [0.2, 0.25) is 0 Å². The minimum Gasteiger partial charge on any atom is -0.412 e. The van der Waals surface area contributed by atoms with Gasteiger partial charge in [-0.2, -0.15) is 0 Å². The Labute approximate surface area is 151 Å². The predicted molar refractivity (Wildman–Crippen MR) is 117 cm³/mol. The van der Waals surface area contributed by atoms with Gasteiger partial charge in [-0.1, -0.05) is 117 Å². The van der Waals surface area contributed by atoms with E-state index >= 15 is 0 Å². The average molecular weight is 353 g/mol. The molecule has 4 nitrogen and oxygen atoms in total. The van der Waals surface area contributed by atoms with Crippen LogP contribution in [0.4, 0.5) is 0 Å². The zero-order chi connectivity index (χ0) is 17.9. The van der Waals surface area contributed by atoms with Gasteiger partial charge in [0.05, 0.1) is 0 Å². The summed E-state index contributed by atoms with van der Waals surface area (Å²) in [6, 6.07) is 0. The summed E-state index contributed by atoms with van der Waals surface area (Å²) in [6.45, 7) is 33.3. The molecule has 0 saturated carbocycles. The number of hydrogen-bond acceptors (Lipinski definition) is 0. The van der Waals surface area contributed by atoms with E-state index in [1.807, 2.05) is 55.4 Å². The van der Waals surface area contributed by atoms with Gasteiger partial charge in [-0.25, -0.2) is 0 Å². The SMILES string of the molecule is CC.CC.CC.CC.CC(C)C.CC(C)C.CCC.O.O.O.O. The van der Waals surface area contributed by atoms with E-state index in [0.29, 0.717) is 0 Å². The van der Waals surface area contributed by atoms with Crippen LogP contribution in [0.2, 0.25) is 0 Å². The molecule has 0 aliphatic rings. The molecule has 160 valence electrons. The average Bonchev–Trinajstić information content (AvgIpc) is 2.38. The highest BCUT2D eigenvalue weighted by Crippen LogP contribution is 1.81. The molecule has 0 saturated heterocycles. The molecule has 0 aliphatic heterocycles. The summed E-state index contributed by atoms with van der Waals surface area (Å²) in [7, 11) is 0. The van der Waals surface area contributed by atoms with Gasteiger partial charge in [0.1, 0.15) is 0 Å². The van der Waals surface area contributed by atoms with Crippen molar-refractivity contribution in [1.82, 2.24) is 0 Å². The summed E-state index contributed by atoms with van der Waals surface area (Å²) >= 11 is 0. The molecule has 0 amide bonds. The smallest absolute Gasteiger partial charge is 0.0500 e. The fraction of sp³-hybridized carbons (Fsp3) is 1.00. The first-order chi connectivity index (χ1) is 8.88. The van der Waals surface area contributed by atoms with E-state index < -0.39 is 0 Å². The monoisotopic (exact) mass is 352 g/mol. The van der Waals surface area contributed by atoms with Crippen molar-refractivity contribution in [1.29, 1.82) is 0 Å². The first-order valence-corrected chi connectivity index (χ1v) is 8.88. The summed E-state index contributed by atoms with van der Waals surface area (Å²) in [4.78, 5) is 0. The molecule has 0 spiro atoms. The van der Waals surface area contributed by atoms with E-state index in [9.17, 15) is 0 Å². The highest BCUT2D eigenvalue weighted by atomic mass is 16.0. The third-order valence-corrected chi connectivity index (χ3v) is 0. The Morgan fingerprint density at radius 3 is 0.391 bits per heavy atom. The fourth-order valence-electron chi connectivity index (χ4n) is 0. The molecule has 0 aromatic carbocycles. The largest absolute Gasteiger partial charge is 0.412 e. The maximum absolute atomic E-state index is 2.17. The predicted octanol–water partition coefficient (Wildman–Crippen LogP) is 5.55. The van der Waals surface area contributed by atoms with Crippen LogP contribution < -0.4 is 0 Å². The van der Waals surface area contributed by atoms with Crippen molar-refractivity contribution in [2.24, 2.45) is 11.8 Å². The Balaban J connectivity index is -0.00000000808. The van der Waals surface area contributed by atoms with E-state index in [2.05, 4.69) is 55.4 Å². The first-order valence-electron chi connectivity index (χ1n) is 8.88. The number of rotatable bonds is 0. The molecule has 0 radical (unpaired) electrons. The second kappa shape index (κ2) is 203. The van der Waals surface area contributed by atoms with Gasteiger partial charge in [-0.05, 0) is 11.8 Å². The molecule has 0 rings (SSSR count). The summed E-state index contributed by atoms with van der Waals surface area (Å²) in [5.74, 6) is 1.67. The van der Waals surface area contributed by atoms with Crippen molar-refractivity contribution < 1.29 is 21.9 Å². The molecule has 0 fully saturated rings. The van der Waals surface area contributed by atoms with E-state index in [1.54, 1.807) is 0 Å². The van der Waals surface area contributed by atoms with Crippen LogP contribution in [0, 0.1) is 11.8 Å². The minimum atomic E-state index is 0. The third kappa shape index (κ3) is 336000. The highest BCUT2D eigenvalue weighted by molar-refractivity contribution is 4.21. The van der Waals surface area contributed by atoms with Gasteiger partial charge < -0.3 is 21.9 Å². The Morgan fingerprint density at radius 1 is 0.391 bits per heavy atom. The molecular weight excluding hydrogens is 292 g/mol. The van der Waals surface area contributed by atoms with Crippen LogP contribution in [-0.2, 0) is 0 Å². The Hall–Kier alpha value is -0.160. The first kappa shape index (κ1) is 77.7. The second-order valence-corrected chi connectivity index (χ2v) is 4.17. The van der Waals surface area contributed by atoms with Crippen LogP contribution in [0.1, 0.15) is 117 Å². The van der Waals surface area contributed by atoms with Gasteiger partial charge in [0.15, 0.2) is 0 Å². The molecular formula is C19H60O4. The minimum absolute atomic E-state index is 0. The van der Waals surface area contributed by atoms with E-state index in [-0.39, 0.29) is 21.9 Å². The molecule has 0 atom stereocenters. The molecule has 0 aromatic rings. The molecule has 4 heteroatoms. The molecule has 0 unspecified atom stereocenters. The lowest BCUT2D eigenvalue weighted by molar-refractivity contribution is 0.736.